The Labute approximate surface area is 123 Å². The highest BCUT2D eigenvalue weighted by atomic mass is 19.1. The molecule has 2 aromatic rings. The third-order valence-electron chi connectivity index (χ3n) is 3.48. The summed E-state index contributed by atoms with van der Waals surface area (Å²) in [6, 6.07) is 15.1. The van der Waals surface area contributed by atoms with E-state index < -0.39 is 11.7 Å². The summed E-state index contributed by atoms with van der Waals surface area (Å²) in [7, 11) is 1.63. The fourth-order valence-electron chi connectivity index (χ4n) is 2.35. The van der Waals surface area contributed by atoms with Gasteiger partial charge in [0.1, 0.15) is 5.82 Å². The van der Waals surface area contributed by atoms with Gasteiger partial charge in [0.2, 0.25) is 0 Å². The Morgan fingerprint density at radius 2 is 1.76 bits per heavy atom. The number of nitrogens with zero attached hydrogens (tertiary/aromatic N) is 1. The van der Waals surface area contributed by atoms with Crippen LogP contribution in [-0.2, 0) is 0 Å². The molecular weight excluding hydrogens is 269 g/mol. The molecule has 0 bridgehead atoms. The minimum atomic E-state index is -0.537. The van der Waals surface area contributed by atoms with Crippen LogP contribution in [0.4, 0.5) is 4.39 Å². The number of carbonyl (C=O) groups excluding carboxylic acids is 1. The Kier molecular flexibility index (Phi) is 5.06. The summed E-state index contributed by atoms with van der Waals surface area (Å²) >= 11 is 0. The van der Waals surface area contributed by atoms with E-state index in [2.05, 4.69) is 0 Å². The molecule has 0 aliphatic heterocycles. The van der Waals surface area contributed by atoms with Crippen molar-refractivity contribution in [2.75, 3.05) is 13.7 Å². The largest absolute Gasteiger partial charge is 0.396 e. The third-order valence-corrected chi connectivity index (χ3v) is 3.48. The molecule has 1 unspecified atom stereocenters. The molecule has 0 spiro atoms. The molecule has 1 atom stereocenters. The summed E-state index contributed by atoms with van der Waals surface area (Å²) in [6.45, 7) is -0.0472. The van der Waals surface area contributed by atoms with E-state index in [1.54, 1.807) is 19.2 Å². The molecule has 21 heavy (non-hydrogen) atoms. The molecule has 2 rings (SSSR count). The van der Waals surface area contributed by atoms with Crippen molar-refractivity contribution >= 4 is 5.91 Å². The number of amides is 1. The maximum atomic E-state index is 13.8. The highest BCUT2D eigenvalue weighted by molar-refractivity contribution is 5.94. The lowest BCUT2D eigenvalue weighted by molar-refractivity contribution is 0.0700. The van der Waals surface area contributed by atoms with Crippen LogP contribution < -0.4 is 0 Å². The van der Waals surface area contributed by atoms with Crippen LogP contribution in [0.25, 0.3) is 0 Å². The van der Waals surface area contributed by atoms with Crippen LogP contribution in [0.5, 0.6) is 0 Å². The van der Waals surface area contributed by atoms with Crippen molar-refractivity contribution in [2.45, 2.75) is 12.5 Å². The van der Waals surface area contributed by atoms with Crippen LogP contribution in [0.15, 0.2) is 54.6 Å². The molecule has 110 valence electrons. The Morgan fingerprint density at radius 3 is 2.38 bits per heavy atom. The first-order valence-corrected chi connectivity index (χ1v) is 6.82. The molecule has 1 amide bonds. The van der Waals surface area contributed by atoms with Crippen molar-refractivity contribution in [3.05, 3.63) is 71.5 Å². The number of hydrogen-bond acceptors (Lipinski definition) is 2. The average Bonchev–Trinajstić information content (AvgIpc) is 2.52. The highest BCUT2D eigenvalue weighted by Gasteiger charge is 2.23. The van der Waals surface area contributed by atoms with Crippen molar-refractivity contribution in [3.8, 4) is 0 Å². The van der Waals surface area contributed by atoms with Gasteiger partial charge in [0.15, 0.2) is 0 Å². The molecule has 3 nitrogen and oxygen atoms in total. The van der Waals surface area contributed by atoms with Crippen molar-refractivity contribution < 1.29 is 14.3 Å². The molecule has 2 aromatic carbocycles. The molecule has 4 heteroatoms. The van der Waals surface area contributed by atoms with Gasteiger partial charge in [0.25, 0.3) is 5.91 Å². The van der Waals surface area contributed by atoms with Crippen LogP contribution in [0, 0.1) is 5.82 Å². The second kappa shape index (κ2) is 6.99. The Bertz CT molecular complexity index is 601. The molecule has 1 N–H and O–H groups in total. The molecule has 0 radical (unpaired) electrons. The monoisotopic (exact) mass is 287 g/mol. The van der Waals surface area contributed by atoms with Crippen LogP contribution in [0.2, 0.25) is 0 Å². The Morgan fingerprint density at radius 1 is 1.14 bits per heavy atom. The van der Waals surface area contributed by atoms with Gasteiger partial charge in [-0.15, -0.1) is 0 Å². The van der Waals surface area contributed by atoms with Crippen molar-refractivity contribution in [2.24, 2.45) is 0 Å². The van der Waals surface area contributed by atoms with E-state index in [4.69, 9.17) is 0 Å². The van der Waals surface area contributed by atoms with E-state index >= 15 is 0 Å². The maximum absolute atomic E-state index is 13.8. The smallest absolute Gasteiger partial charge is 0.257 e. The molecular formula is C17H18FNO2. The van der Waals surface area contributed by atoms with Crippen molar-refractivity contribution in [1.29, 1.82) is 0 Å². The number of benzene rings is 2. The fourth-order valence-corrected chi connectivity index (χ4v) is 2.35. The fraction of sp³-hybridized carbons (Fsp3) is 0.235. The molecule has 0 fully saturated rings. The Balaban J connectivity index is 2.29. The van der Waals surface area contributed by atoms with Crippen LogP contribution >= 0.6 is 0 Å². The number of aliphatic hydroxyl groups excluding tert-OH is 1. The van der Waals surface area contributed by atoms with Crippen LogP contribution in [0.1, 0.15) is 28.4 Å². The first-order chi connectivity index (χ1) is 10.1. The van der Waals surface area contributed by atoms with Gasteiger partial charge < -0.3 is 10.0 Å². The zero-order chi connectivity index (χ0) is 15.2. The van der Waals surface area contributed by atoms with Gasteiger partial charge in [-0.1, -0.05) is 42.5 Å². The van der Waals surface area contributed by atoms with Gasteiger partial charge in [-0.25, -0.2) is 4.39 Å². The predicted molar refractivity (Wildman–Crippen MR) is 79.4 cm³/mol. The van der Waals surface area contributed by atoms with E-state index in [1.807, 2.05) is 30.3 Å². The van der Waals surface area contributed by atoms with E-state index in [0.29, 0.717) is 6.42 Å². The minimum Gasteiger partial charge on any atom is -0.396 e. The SMILES string of the molecule is CN(C(=O)c1ccccc1F)C(CCO)c1ccccc1. The standard InChI is InChI=1S/C17H18FNO2/c1-19(17(21)14-9-5-6-10-15(14)18)16(11-12-20)13-7-3-2-4-8-13/h2-10,16,20H,11-12H2,1H3. The molecule has 0 saturated heterocycles. The van der Waals surface area contributed by atoms with Crippen molar-refractivity contribution in [3.63, 3.8) is 0 Å². The van der Waals surface area contributed by atoms with E-state index in [-0.39, 0.29) is 18.2 Å². The number of aliphatic hydroxyl groups is 1. The van der Waals surface area contributed by atoms with E-state index in [9.17, 15) is 14.3 Å². The lowest BCUT2D eigenvalue weighted by Crippen LogP contribution is -2.32. The van der Waals surface area contributed by atoms with Crippen molar-refractivity contribution in [1.82, 2.24) is 4.90 Å². The molecule has 0 aliphatic carbocycles. The first kappa shape index (κ1) is 15.2. The van der Waals surface area contributed by atoms with E-state index in [0.717, 1.165) is 5.56 Å². The zero-order valence-corrected chi connectivity index (χ0v) is 11.9. The number of carbonyl (C=O) groups is 1. The average molecular weight is 287 g/mol. The maximum Gasteiger partial charge on any atom is 0.257 e. The summed E-state index contributed by atoms with van der Waals surface area (Å²) in [4.78, 5) is 13.9. The second-order valence-corrected chi connectivity index (χ2v) is 4.83. The van der Waals surface area contributed by atoms with Gasteiger partial charge in [-0.3, -0.25) is 4.79 Å². The summed E-state index contributed by atoms with van der Waals surface area (Å²) in [5.74, 6) is -0.930. The van der Waals surface area contributed by atoms with Gasteiger partial charge in [-0.2, -0.15) is 0 Å². The number of hydrogen-bond donors (Lipinski definition) is 1. The molecule has 0 aromatic heterocycles. The topological polar surface area (TPSA) is 40.5 Å². The summed E-state index contributed by atoms with van der Waals surface area (Å²) in [5, 5.41) is 9.24. The quantitative estimate of drug-likeness (QED) is 0.918. The Hall–Kier alpha value is -2.20. The van der Waals surface area contributed by atoms with Crippen LogP contribution in [0.3, 0.4) is 0 Å². The zero-order valence-electron chi connectivity index (χ0n) is 11.9. The number of rotatable bonds is 5. The first-order valence-electron chi connectivity index (χ1n) is 6.82. The van der Waals surface area contributed by atoms with Gasteiger partial charge in [0.05, 0.1) is 11.6 Å². The van der Waals surface area contributed by atoms with Crippen LogP contribution in [-0.4, -0.2) is 29.6 Å². The molecule has 0 aliphatic rings. The molecule has 0 heterocycles. The number of halogens is 1. The lowest BCUT2D eigenvalue weighted by Gasteiger charge is -2.28. The predicted octanol–water partition coefficient (Wildman–Crippen LogP) is 3.02. The van der Waals surface area contributed by atoms with Gasteiger partial charge >= 0.3 is 0 Å². The van der Waals surface area contributed by atoms with Gasteiger partial charge in [-0.05, 0) is 24.1 Å². The summed E-state index contributed by atoms with van der Waals surface area (Å²) in [5.41, 5.74) is 0.956. The summed E-state index contributed by atoms with van der Waals surface area (Å²) in [6.07, 6.45) is 0.403. The second-order valence-electron chi connectivity index (χ2n) is 4.83. The lowest BCUT2D eigenvalue weighted by atomic mass is 10.0. The minimum absolute atomic E-state index is 0.0406. The molecule has 0 saturated carbocycles. The summed E-state index contributed by atoms with van der Waals surface area (Å²) < 4.78 is 13.8. The van der Waals surface area contributed by atoms with E-state index in [1.165, 1.54) is 17.0 Å². The highest BCUT2D eigenvalue weighted by Crippen LogP contribution is 2.24. The normalized spacial score (nSPS) is 12.0. The van der Waals surface area contributed by atoms with Gasteiger partial charge in [0, 0.05) is 13.7 Å². The third kappa shape index (κ3) is 3.47.